The van der Waals surface area contributed by atoms with Crippen LogP contribution in [0.15, 0.2) is 60.7 Å². The van der Waals surface area contributed by atoms with E-state index in [0.29, 0.717) is 6.07 Å². The lowest BCUT2D eigenvalue weighted by Crippen LogP contribution is -2.06. The van der Waals surface area contributed by atoms with Crippen LogP contribution in [0.3, 0.4) is 0 Å². The maximum absolute atomic E-state index is 11.6. The van der Waals surface area contributed by atoms with Crippen LogP contribution in [0.25, 0.3) is 22.3 Å². The van der Waals surface area contributed by atoms with Crippen LogP contribution in [0, 0.1) is 40.5 Å². The molecule has 12 heteroatoms. The van der Waals surface area contributed by atoms with Gasteiger partial charge in [-0.05, 0) is 16.7 Å². The van der Waals surface area contributed by atoms with Gasteiger partial charge >= 0.3 is 22.7 Å². The number of nitro groups is 4. The molecule has 3 aromatic carbocycles. The topological polar surface area (TPSA) is 173 Å². The molecule has 0 fully saturated rings. The Morgan fingerprint density at radius 3 is 1.43 bits per heavy atom. The lowest BCUT2D eigenvalue weighted by atomic mass is 9.97. The Kier molecular flexibility index (Phi) is 5.14. The zero-order chi connectivity index (χ0) is 22.0. The zero-order valence-electron chi connectivity index (χ0n) is 14.8. The summed E-state index contributed by atoms with van der Waals surface area (Å²) in [5.41, 5.74) is -4.33. The van der Waals surface area contributed by atoms with E-state index in [-0.39, 0.29) is 5.56 Å². The molecule has 0 aliphatic carbocycles. The van der Waals surface area contributed by atoms with E-state index >= 15 is 0 Å². The molecule has 3 rings (SSSR count). The Morgan fingerprint density at radius 1 is 0.500 bits per heavy atom. The molecule has 0 N–H and O–H groups in total. The van der Waals surface area contributed by atoms with Crippen molar-refractivity contribution in [2.75, 3.05) is 0 Å². The van der Waals surface area contributed by atoms with Gasteiger partial charge in [-0.15, -0.1) is 0 Å². The quantitative estimate of drug-likeness (QED) is 0.417. The van der Waals surface area contributed by atoms with Gasteiger partial charge in [0, 0.05) is 6.07 Å². The van der Waals surface area contributed by atoms with Gasteiger partial charge in [-0.2, -0.15) is 0 Å². The van der Waals surface area contributed by atoms with Gasteiger partial charge in [0.2, 0.25) is 0 Å². The first-order chi connectivity index (χ1) is 14.2. The van der Waals surface area contributed by atoms with Gasteiger partial charge in [0.15, 0.2) is 0 Å². The van der Waals surface area contributed by atoms with Gasteiger partial charge in [0.25, 0.3) is 0 Å². The van der Waals surface area contributed by atoms with E-state index in [1.54, 1.807) is 24.3 Å². The predicted molar refractivity (Wildman–Crippen MR) is 104 cm³/mol. The van der Waals surface area contributed by atoms with Crippen LogP contribution in [0.2, 0.25) is 0 Å². The number of hydrogen-bond donors (Lipinski definition) is 0. The van der Waals surface area contributed by atoms with E-state index in [1.807, 2.05) is 18.2 Å². The number of rotatable bonds is 6. The minimum Gasteiger partial charge on any atom is -0.258 e. The van der Waals surface area contributed by atoms with E-state index in [2.05, 4.69) is 0 Å². The molecule has 3 aromatic rings. The highest BCUT2D eigenvalue weighted by atomic mass is 16.7. The Labute approximate surface area is 166 Å². The van der Waals surface area contributed by atoms with Crippen LogP contribution >= 0.6 is 0 Å². The highest BCUT2D eigenvalue weighted by molar-refractivity contribution is 5.89. The fourth-order valence-corrected chi connectivity index (χ4v) is 3.00. The molecule has 12 nitrogen and oxygen atoms in total. The predicted octanol–water partition coefficient (Wildman–Crippen LogP) is 4.65. The van der Waals surface area contributed by atoms with Crippen LogP contribution in [0.5, 0.6) is 0 Å². The van der Waals surface area contributed by atoms with E-state index in [0.717, 1.165) is 11.1 Å². The summed E-state index contributed by atoms with van der Waals surface area (Å²) in [6, 6.07) is 15.6. The summed E-state index contributed by atoms with van der Waals surface area (Å²) < 4.78 is 0. The second kappa shape index (κ2) is 7.71. The number of nitro benzene ring substituents is 4. The molecule has 0 aliphatic rings. The van der Waals surface area contributed by atoms with E-state index < -0.39 is 48.0 Å². The maximum Gasteiger partial charge on any atom is 0.430 e. The molecule has 0 unspecified atom stereocenters. The Hall–Kier alpha value is -4.74. The van der Waals surface area contributed by atoms with Crippen molar-refractivity contribution in [1.29, 1.82) is 0 Å². The van der Waals surface area contributed by atoms with Gasteiger partial charge in [-0.1, -0.05) is 54.6 Å². The smallest absolute Gasteiger partial charge is 0.258 e. The van der Waals surface area contributed by atoms with Crippen molar-refractivity contribution >= 4 is 22.7 Å². The third kappa shape index (κ3) is 3.52. The average molecular weight is 410 g/mol. The Morgan fingerprint density at radius 2 is 0.967 bits per heavy atom. The summed E-state index contributed by atoms with van der Waals surface area (Å²) in [7, 11) is 0. The van der Waals surface area contributed by atoms with E-state index in [1.165, 1.54) is 12.1 Å². The minimum absolute atomic E-state index is 0.0579. The first kappa shape index (κ1) is 20.0. The molecule has 0 saturated heterocycles. The van der Waals surface area contributed by atoms with Gasteiger partial charge in [0.05, 0.1) is 25.3 Å². The normalized spacial score (nSPS) is 10.4. The molecule has 0 saturated carbocycles. The minimum atomic E-state index is -1.54. The summed E-state index contributed by atoms with van der Waals surface area (Å²) in [6.07, 6.45) is 0. The van der Waals surface area contributed by atoms with E-state index in [4.69, 9.17) is 0 Å². The molecule has 0 heterocycles. The molecule has 0 aromatic heterocycles. The fraction of sp³-hybridized carbons (Fsp3) is 0. The van der Waals surface area contributed by atoms with Crippen LogP contribution < -0.4 is 0 Å². The van der Waals surface area contributed by atoms with Crippen LogP contribution in [-0.2, 0) is 0 Å². The number of nitrogens with zero attached hydrogens (tertiary/aromatic N) is 4. The Bertz CT molecular complexity index is 1190. The zero-order valence-corrected chi connectivity index (χ0v) is 14.8. The van der Waals surface area contributed by atoms with Crippen molar-refractivity contribution in [2.24, 2.45) is 0 Å². The average Bonchev–Trinajstić information content (AvgIpc) is 2.72. The van der Waals surface area contributed by atoms with Crippen LogP contribution in [0.1, 0.15) is 0 Å². The van der Waals surface area contributed by atoms with Crippen LogP contribution in [-0.4, -0.2) is 19.7 Å². The highest BCUT2D eigenvalue weighted by Gasteiger charge is 2.46. The third-order valence-electron chi connectivity index (χ3n) is 4.27. The fourth-order valence-electron chi connectivity index (χ4n) is 3.00. The molecule has 0 radical (unpaired) electrons. The molecule has 0 aliphatic heterocycles. The molecule has 0 amide bonds. The molecular weight excluding hydrogens is 400 g/mol. The third-order valence-corrected chi connectivity index (χ3v) is 4.27. The summed E-state index contributed by atoms with van der Waals surface area (Å²) in [5.74, 6) is 0. The lowest BCUT2D eigenvalue weighted by molar-refractivity contribution is -0.451. The summed E-state index contributed by atoms with van der Waals surface area (Å²) in [6.45, 7) is 0. The molecule has 30 heavy (non-hydrogen) atoms. The summed E-state index contributed by atoms with van der Waals surface area (Å²) >= 11 is 0. The van der Waals surface area contributed by atoms with Gasteiger partial charge < -0.3 is 0 Å². The van der Waals surface area contributed by atoms with Crippen molar-refractivity contribution in [3.63, 3.8) is 0 Å². The van der Waals surface area contributed by atoms with Gasteiger partial charge in [0.1, 0.15) is 0 Å². The Balaban J connectivity index is 2.31. The van der Waals surface area contributed by atoms with Crippen molar-refractivity contribution in [3.8, 4) is 22.3 Å². The summed E-state index contributed by atoms with van der Waals surface area (Å²) in [5, 5.41) is 45.6. The summed E-state index contributed by atoms with van der Waals surface area (Å²) in [4.78, 5) is 40.5. The van der Waals surface area contributed by atoms with Gasteiger partial charge in [-0.3, -0.25) is 40.5 Å². The second-order valence-corrected chi connectivity index (χ2v) is 5.96. The molecule has 0 bridgehead atoms. The first-order valence-electron chi connectivity index (χ1n) is 8.16. The van der Waals surface area contributed by atoms with Crippen LogP contribution in [0.4, 0.5) is 22.7 Å². The SMILES string of the molecule is O=[N+]([O-])c1cc(-c2ccc(-c3ccccc3)cc2)c([N+](=O)[O-])c([N+](=O)[O-])c1[N+](=O)[O-]. The van der Waals surface area contributed by atoms with Crippen molar-refractivity contribution < 1.29 is 19.7 Å². The maximum atomic E-state index is 11.6. The van der Waals surface area contributed by atoms with Crippen molar-refractivity contribution in [3.05, 3.63) is 101 Å². The van der Waals surface area contributed by atoms with Gasteiger partial charge in [-0.25, -0.2) is 0 Å². The molecule has 0 spiro atoms. The first-order valence-corrected chi connectivity index (χ1v) is 8.16. The highest BCUT2D eigenvalue weighted by Crippen LogP contribution is 2.48. The largest absolute Gasteiger partial charge is 0.430 e. The molecular formula is C18H10N4O8. The molecule has 150 valence electrons. The molecule has 0 atom stereocenters. The number of benzene rings is 3. The monoisotopic (exact) mass is 410 g/mol. The standard InChI is InChI=1S/C18H10N4O8/c23-19(24)15-10-14(16(20(25)26)18(22(29)30)17(15)21(27)28)13-8-6-12(7-9-13)11-4-2-1-3-5-11/h1-10H. The van der Waals surface area contributed by atoms with E-state index in [9.17, 15) is 40.5 Å². The van der Waals surface area contributed by atoms with Crippen molar-refractivity contribution in [1.82, 2.24) is 0 Å². The van der Waals surface area contributed by atoms with Crippen molar-refractivity contribution in [2.45, 2.75) is 0 Å². The lowest BCUT2D eigenvalue weighted by Gasteiger charge is -2.07. The number of hydrogen-bond acceptors (Lipinski definition) is 8. The second-order valence-electron chi connectivity index (χ2n) is 5.96.